The molecule has 0 saturated carbocycles. The number of aryl methyl sites for hydroxylation is 1. The number of ether oxygens (including phenoxy) is 1. The minimum absolute atomic E-state index is 0.0639. The number of nitro groups is 1. The molecule has 138 valence electrons. The van der Waals surface area contributed by atoms with Gasteiger partial charge in [0.05, 0.1) is 4.92 Å². The SMILES string of the molecule is Cc1ccc(NC(=O)COC(=O)c2cc3cc(Cl)ccc3o2)cc1[N+](=O)[O-]. The fourth-order valence-electron chi connectivity index (χ4n) is 2.40. The van der Waals surface area contributed by atoms with E-state index in [2.05, 4.69) is 5.32 Å². The normalized spacial score (nSPS) is 10.6. The fraction of sp³-hybridized carbons (Fsp3) is 0.111. The van der Waals surface area contributed by atoms with Gasteiger partial charge < -0.3 is 14.5 Å². The molecule has 0 bridgehead atoms. The summed E-state index contributed by atoms with van der Waals surface area (Å²) in [6.45, 7) is 1.02. The molecule has 2 aromatic carbocycles. The van der Waals surface area contributed by atoms with Crippen molar-refractivity contribution in [2.75, 3.05) is 11.9 Å². The van der Waals surface area contributed by atoms with E-state index in [0.717, 1.165) is 0 Å². The molecule has 0 unspecified atom stereocenters. The summed E-state index contributed by atoms with van der Waals surface area (Å²) in [5.74, 6) is -1.51. The summed E-state index contributed by atoms with van der Waals surface area (Å²) in [5.41, 5.74) is 1.04. The van der Waals surface area contributed by atoms with Crippen LogP contribution in [-0.2, 0) is 9.53 Å². The number of nitrogens with one attached hydrogen (secondary N) is 1. The van der Waals surface area contributed by atoms with Gasteiger partial charge in [0.15, 0.2) is 6.61 Å². The zero-order chi connectivity index (χ0) is 19.6. The molecule has 0 fully saturated rings. The Morgan fingerprint density at radius 3 is 2.74 bits per heavy atom. The number of furan rings is 1. The van der Waals surface area contributed by atoms with Gasteiger partial charge >= 0.3 is 5.97 Å². The number of amides is 1. The molecule has 9 heteroatoms. The molecule has 27 heavy (non-hydrogen) atoms. The van der Waals surface area contributed by atoms with E-state index in [1.54, 1.807) is 25.1 Å². The summed E-state index contributed by atoms with van der Waals surface area (Å²) in [6, 6.07) is 10.6. The maximum absolute atomic E-state index is 12.0. The molecule has 3 rings (SSSR count). The molecule has 1 N–H and O–H groups in total. The number of carbonyl (C=O) groups excluding carboxylic acids is 2. The van der Waals surface area contributed by atoms with Crippen LogP contribution in [0.3, 0.4) is 0 Å². The van der Waals surface area contributed by atoms with Crippen LogP contribution in [0.2, 0.25) is 5.02 Å². The first-order valence-corrected chi connectivity index (χ1v) is 8.12. The Hall–Kier alpha value is -3.39. The largest absolute Gasteiger partial charge is 0.450 e. The lowest BCUT2D eigenvalue weighted by molar-refractivity contribution is -0.385. The van der Waals surface area contributed by atoms with E-state index < -0.39 is 23.4 Å². The Balaban J connectivity index is 1.62. The summed E-state index contributed by atoms with van der Waals surface area (Å²) in [7, 11) is 0. The van der Waals surface area contributed by atoms with Gasteiger partial charge in [0.25, 0.3) is 11.6 Å². The summed E-state index contributed by atoms with van der Waals surface area (Å²) >= 11 is 5.87. The van der Waals surface area contributed by atoms with Crippen molar-refractivity contribution in [2.45, 2.75) is 6.92 Å². The van der Waals surface area contributed by atoms with Gasteiger partial charge in [0.2, 0.25) is 5.76 Å². The highest BCUT2D eigenvalue weighted by Crippen LogP contribution is 2.24. The number of nitrogens with zero attached hydrogens (tertiary/aromatic N) is 1. The molecule has 1 aromatic heterocycles. The van der Waals surface area contributed by atoms with Crippen LogP contribution in [0, 0.1) is 17.0 Å². The van der Waals surface area contributed by atoms with E-state index >= 15 is 0 Å². The predicted octanol–water partition coefficient (Wildman–Crippen LogP) is 4.10. The smallest absolute Gasteiger partial charge is 0.374 e. The highest BCUT2D eigenvalue weighted by molar-refractivity contribution is 6.31. The molecule has 0 aliphatic rings. The highest BCUT2D eigenvalue weighted by Gasteiger charge is 2.17. The number of esters is 1. The second-order valence-corrected chi connectivity index (χ2v) is 6.11. The van der Waals surface area contributed by atoms with Crippen molar-refractivity contribution in [2.24, 2.45) is 0 Å². The molecule has 1 heterocycles. The van der Waals surface area contributed by atoms with Gasteiger partial charge in [0, 0.05) is 27.7 Å². The topological polar surface area (TPSA) is 112 Å². The number of nitro benzene ring substituents is 1. The standard InChI is InChI=1S/C18H13ClN2O6/c1-10-2-4-13(8-14(10)21(24)25)20-17(22)9-26-18(23)16-7-11-6-12(19)3-5-15(11)27-16/h2-8H,9H2,1H3,(H,20,22). The lowest BCUT2D eigenvalue weighted by atomic mass is 10.2. The highest BCUT2D eigenvalue weighted by atomic mass is 35.5. The van der Waals surface area contributed by atoms with Gasteiger partial charge in [-0.15, -0.1) is 0 Å². The van der Waals surface area contributed by atoms with Gasteiger partial charge in [-0.3, -0.25) is 14.9 Å². The molecular formula is C18H13ClN2O6. The summed E-state index contributed by atoms with van der Waals surface area (Å²) in [4.78, 5) is 34.3. The van der Waals surface area contributed by atoms with Crippen molar-refractivity contribution in [1.82, 2.24) is 0 Å². The third-order valence-electron chi connectivity index (χ3n) is 3.70. The van der Waals surface area contributed by atoms with E-state index in [0.29, 0.717) is 21.6 Å². The molecule has 0 atom stereocenters. The predicted molar refractivity (Wildman–Crippen MR) is 98.0 cm³/mol. The molecule has 8 nitrogen and oxygen atoms in total. The summed E-state index contributed by atoms with van der Waals surface area (Å²) in [5, 5.41) is 14.5. The summed E-state index contributed by atoms with van der Waals surface area (Å²) in [6.07, 6.45) is 0. The van der Waals surface area contributed by atoms with E-state index in [1.807, 2.05) is 0 Å². The zero-order valence-corrected chi connectivity index (χ0v) is 14.8. The lowest BCUT2D eigenvalue weighted by Gasteiger charge is -2.06. The van der Waals surface area contributed by atoms with Gasteiger partial charge in [-0.05, 0) is 37.3 Å². The van der Waals surface area contributed by atoms with Crippen LogP contribution in [0.25, 0.3) is 11.0 Å². The first-order chi connectivity index (χ1) is 12.8. The number of rotatable bonds is 5. The van der Waals surface area contributed by atoms with Crippen LogP contribution >= 0.6 is 11.6 Å². The Kier molecular flexibility index (Phi) is 5.09. The lowest BCUT2D eigenvalue weighted by Crippen LogP contribution is -2.20. The van der Waals surface area contributed by atoms with Crippen LogP contribution in [0.1, 0.15) is 16.1 Å². The number of fused-ring (bicyclic) bond motifs is 1. The Morgan fingerprint density at radius 2 is 2.00 bits per heavy atom. The number of benzene rings is 2. The third kappa shape index (κ3) is 4.24. The maximum atomic E-state index is 12.0. The van der Waals surface area contributed by atoms with E-state index in [-0.39, 0.29) is 17.1 Å². The van der Waals surface area contributed by atoms with Crippen molar-refractivity contribution >= 4 is 45.8 Å². The fourth-order valence-corrected chi connectivity index (χ4v) is 2.58. The van der Waals surface area contributed by atoms with Crippen molar-refractivity contribution in [3.8, 4) is 0 Å². The van der Waals surface area contributed by atoms with Crippen LogP contribution in [-0.4, -0.2) is 23.4 Å². The van der Waals surface area contributed by atoms with Crippen LogP contribution in [0.15, 0.2) is 46.9 Å². The number of hydrogen-bond donors (Lipinski definition) is 1. The Labute approximate surface area is 157 Å². The number of hydrogen-bond acceptors (Lipinski definition) is 6. The Bertz CT molecular complexity index is 1060. The molecule has 0 aliphatic heterocycles. The number of carbonyl (C=O) groups is 2. The molecule has 0 radical (unpaired) electrons. The summed E-state index contributed by atoms with van der Waals surface area (Å²) < 4.78 is 10.3. The maximum Gasteiger partial charge on any atom is 0.374 e. The third-order valence-corrected chi connectivity index (χ3v) is 3.94. The van der Waals surface area contributed by atoms with Crippen molar-refractivity contribution in [3.05, 3.63) is 68.9 Å². The van der Waals surface area contributed by atoms with E-state index in [1.165, 1.54) is 24.3 Å². The zero-order valence-electron chi connectivity index (χ0n) is 14.0. The van der Waals surface area contributed by atoms with E-state index in [4.69, 9.17) is 20.8 Å². The molecule has 3 aromatic rings. The molecule has 1 amide bonds. The average molecular weight is 389 g/mol. The quantitative estimate of drug-likeness (QED) is 0.400. The van der Waals surface area contributed by atoms with Crippen molar-refractivity contribution in [1.29, 1.82) is 0 Å². The average Bonchev–Trinajstić information content (AvgIpc) is 3.04. The van der Waals surface area contributed by atoms with Crippen molar-refractivity contribution < 1.29 is 23.7 Å². The van der Waals surface area contributed by atoms with Crippen LogP contribution in [0.5, 0.6) is 0 Å². The molecule has 0 spiro atoms. The first kappa shape index (κ1) is 18.4. The van der Waals surface area contributed by atoms with Gasteiger partial charge in [-0.2, -0.15) is 0 Å². The minimum atomic E-state index is -0.813. The molecule has 0 aliphatic carbocycles. The van der Waals surface area contributed by atoms with Crippen LogP contribution < -0.4 is 5.32 Å². The second-order valence-electron chi connectivity index (χ2n) is 5.68. The monoisotopic (exact) mass is 388 g/mol. The van der Waals surface area contributed by atoms with Crippen LogP contribution in [0.4, 0.5) is 11.4 Å². The Morgan fingerprint density at radius 1 is 1.22 bits per heavy atom. The van der Waals surface area contributed by atoms with Gasteiger partial charge in [-0.25, -0.2) is 4.79 Å². The van der Waals surface area contributed by atoms with Gasteiger partial charge in [0.1, 0.15) is 5.58 Å². The molecule has 0 saturated heterocycles. The molecular weight excluding hydrogens is 376 g/mol. The van der Waals surface area contributed by atoms with Crippen molar-refractivity contribution in [3.63, 3.8) is 0 Å². The second kappa shape index (κ2) is 7.46. The minimum Gasteiger partial charge on any atom is -0.450 e. The number of anilines is 1. The van der Waals surface area contributed by atoms with Gasteiger partial charge in [-0.1, -0.05) is 17.7 Å². The number of halogens is 1. The van der Waals surface area contributed by atoms with E-state index in [9.17, 15) is 19.7 Å². The first-order valence-electron chi connectivity index (χ1n) is 7.74.